The highest BCUT2D eigenvalue weighted by molar-refractivity contribution is 7.81. The van der Waals surface area contributed by atoms with Gasteiger partial charge in [0, 0.05) is 25.5 Å². The van der Waals surface area contributed by atoms with Crippen LogP contribution in [0.2, 0.25) is 0 Å². The number of benzene rings is 3. The summed E-state index contributed by atoms with van der Waals surface area (Å²) in [6, 6.07) is 17.8. The summed E-state index contributed by atoms with van der Waals surface area (Å²) >= 11 is 0. The highest BCUT2D eigenvalue weighted by Crippen LogP contribution is 2.24. The molecule has 0 atom stereocenters. The first-order valence-corrected chi connectivity index (χ1v) is 10.2. The number of nitrogens with two attached hydrogens (primary N) is 2. The van der Waals surface area contributed by atoms with Gasteiger partial charge in [-0.1, -0.05) is 6.07 Å². The molecule has 3 rings (SSSR count). The van der Waals surface area contributed by atoms with E-state index in [0.717, 1.165) is 11.4 Å². The largest absolute Gasteiger partial charge is 0.508 e. The summed E-state index contributed by atoms with van der Waals surface area (Å²) in [6.07, 6.45) is 0. The van der Waals surface area contributed by atoms with Gasteiger partial charge in [-0.2, -0.15) is 8.42 Å². The summed E-state index contributed by atoms with van der Waals surface area (Å²) in [7, 11) is -0.843. The van der Waals surface area contributed by atoms with Crippen LogP contribution in [0.5, 0.6) is 17.2 Å². The fraction of sp³-hybridized carbons (Fsp3) is 0.100. The molecular weight excluding hydrogens is 424 g/mol. The molecule has 3 aromatic carbocycles. The Morgan fingerprint density at radius 1 is 0.806 bits per heavy atom. The number of nitrogen functional groups attached to an aromatic ring is 2. The Balaban J connectivity index is 0.000000239. The normalized spacial score (nSPS) is 9.90. The van der Waals surface area contributed by atoms with Crippen LogP contribution in [0.1, 0.15) is 0 Å². The van der Waals surface area contributed by atoms with E-state index in [-0.39, 0.29) is 17.2 Å². The van der Waals surface area contributed by atoms with Gasteiger partial charge in [0.25, 0.3) is 0 Å². The Kier molecular flexibility index (Phi) is 9.76. The second-order valence-electron chi connectivity index (χ2n) is 5.86. The van der Waals surface area contributed by atoms with Crippen LogP contribution in [0, 0.1) is 0 Å². The second kappa shape index (κ2) is 12.0. The van der Waals surface area contributed by atoms with Crippen molar-refractivity contribution in [1.29, 1.82) is 0 Å². The van der Waals surface area contributed by atoms with Crippen molar-refractivity contribution in [3.8, 4) is 17.2 Å². The summed E-state index contributed by atoms with van der Waals surface area (Å²) in [5.41, 5.74) is 13.1. The summed E-state index contributed by atoms with van der Waals surface area (Å²) in [4.78, 5) is 0. The molecule has 0 aliphatic rings. The topological polar surface area (TPSA) is 180 Å². The van der Waals surface area contributed by atoms with Crippen molar-refractivity contribution in [1.82, 2.24) is 0 Å². The molecule has 0 bridgehead atoms. The van der Waals surface area contributed by atoms with Crippen molar-refractivity contribution < 1.29 is 27.4 Å². The van der Waals surface area contributed by atoms with Gasteiger partial charge < -0.3 is 36.5 Å². The average molecular weight is 451 g/mol. The lowest BCUT2D eigenvalue weighted by Gasteiger charge is -2.02. The lowest BCUT2D eigenvalue weighted by atomic mass is 10.2. The van der Waals surface area contributed by atoms with Crippen LogP contribution in [0.3, 0.4) is 0 Å². The Hall–Kier alpha value is -3.83. The second-order valence-corrected chi connectivity index (χ2v) is 6.88. The molecule has 0 unspecified atom stereocenters. The van der Waals surface area contributed by atoms with E-state index < -0.39 is 10.4 Å². The SMILES string of the molecule is CNc1ccc(O)cc1.CNc1ccc(OS(=O)(=O)O)cc1.Nc1cccc(O)c1N. The van der Waals surface area contributed by atoms with E-state index in [9.17, 15) is 8.42 Å². The molecule has 0 aliphatic heterocycles. The van der Waals surface area contributed by atoms with Crippen molar-refractivity contribution in [2.75, 3.05) is 36.2 Å². The summed E-state index contributed by atoms with van der Waals surface area (Å²) in [6.45, 7) is 0. The Labute approximate surface area is 181 Å². The molecule has 0 fully saturated rings. The van der Waals surface area contributed by atoms with E-state index in [1.807, 2.05) is 19.2 Å². The molecule has 0 aromatic heterocycles. The zero-order valence-electron chi connectivity index (χ0n) is 17.0. The molecule has 0 radical (unpaired) electrons. The third-order valence-corrected chi connectivity index (χ3v) is 4.02. The van der Waals surface area contributed by atoms with E-state index in [1.54, 1.807) is 43.4 Å². The summed E-state index contributed by atoms with van der Waals surface area (Å²) in [5, 5.41) is 23.5. The maximum absolute atomic E-state index is 10.3. The predicted octanol–water partition coefficient (Wildman–Crippen LogP) is 2.90. The first kappa shape index (κ1) is 25.2. The molecule has 10 nitrogen and oxygen atoms in total. The molecule has 0 saturated heterocycles. The minimum atomic E-state index is -4.42. The summed E-state index contributed by atoms with van der Waals surface area (Å²) in [5.74, 6) is 0.408. The van der Waals surface area contributed by atoms with E-state index in [2.05, 4.69) is 14.8 Å². The lowest BCUT2D eigenvalue weighted by Crippen LogP contribution is -2.06. The van der Waals surface area contributed by atoms with E-state index in [1.165, 1.54) is 18.2 Å². The lowest BCUT2D eigenvalue weighted by molar-refractivity contribution is 0.387. The smallest absolute Gasteiger partial charge is 0.446 e. The minimum absolute atomic E-state index is 0.0370. The number of phenolic OH excluding ortho intramolecular Hbond substituents is 2. The molecule has 31 heavy (non-hydrogen) atoms. The molecule has 0 spiro atoms. The first-order valence-electron chi connectivity index (χ1n) is 8.80. The molecule has 9 N–H and O–H groups in total. The van der Waals surface area contributed by atoms with Gasteiger partial charge in [0.15, 0.2) is 0 Å². The number of anilines is 4. The van der Waals surface area contributed by atoms with Crippen molar-refractivity contribution >= 4 is 33.1 Å². The zero-order chi connectivity index (χ0) is 23.4. The van der Waals surface area contributed by atoms with Crippen molar-refractivity contribution in [3.63, 3.8) is 0 Å². The molecule has 168 valence electrons. The average Bonchev–Trinajstić information content (AvgIpc) is 2.73. The molecule has 0 amide bonds. The van der Waals surface area contributed by atoms with Crippen LogP contribution in [0.25, 0.3) is 0 Å². The highest BCUT2D eigenvalue weighted by Gasteiger charge is 2.05. The van der Waals surface area contributed by atoms with E-state index in [4.69, 9.17) is 26.2 Å². The molecule has 0 aliphatic carbocycles. The Morgan fingerprint density at radius 3 is 1.68 bits per heavy atom. The van der Waals surface area contributed by atoms with Gasteiger partial charge in [0.2, 0.25) is 0 Å². The van der Waals surface area contributed by atoms with Crippen LogP contribution < -0.4 is 26.3 Å². The number of para-hydroxylation sites is 1. The van der Waals surface area contributed by atoms with Gasteiger partial charge in [0.05, 0.1) is 11.4 Å². The molecule has 0 saturated carbocycles. The van der Waals surface area contributed by atoms with Crippen LogP contribution in [0.4, 0.5) is 22.7 Å². The molecular formula is C20H26N4O6S. The van der Waals surface area contributed by atoms with Crippen molar-refractivity contribution in [2.45, 2.75) is 0 Å². The fourth-order valence-electron chi connectivity index (χ4n) is 2.00. The zero-order valence-corrected chi connectivity index (χ0v) is 17.8. The van der Waals surface area contributed by atoms with Gasteiger partial charge in [-0.3, -0.25) is 4.55 Å². The fourth-order valence-corrected chi connectivity index (χ4v) is 2.35. The molecule has 0 heterocycles. The maximum atomic E-state index is 10.3. The van der Waals surface area contributed by atoms with Crippen LogP contribution >= 0.6 is 0 Å². The summed E-state index contributed by atoms with van der Waals surface area (Å²) < 4.78 is 33.1. The number of hydrogen-bond acceptors (Lipinski definition) is 9. The minimum Gasteiger partial charge on any atom is -0.508 e. The van der Waals surface area contributed by atoms with Crippen molar-refractivity contribution in [2.24, 2.45) is 0 Å². The van der Waals surface area contributed by atoms with Gasteiger partial charge in [-0.25, -0.2) is 0 Å². The monoisotopic (exact) mass is 450 g/mol. The standard InChI is InChI=1S/C7H9NO4S.C7H9NO.C6H8N2O/c1-8-6-2-4-7(5-3-6)12-13(9,10)11;1-8-6-2-4-7(9)5-3-6;7-4-2-1-3-5(9)6(4)8/h2-5,8H,1H3,(H,9,10,11);2-5,8-9H,1H3;1-3,9H,7-8H2. The van der Waals surface area contributed by atoms with Crippen LogP contribution in [0.15, 0.2) is 66.7 Å². The van der Waals surface area contributed by atoms with Crippen molar-refractivity contribution in [3.05, 3.63) is 66.7 Å². The van der Waals surface area contributed by atoms with Crippen LogP contribution in [-0.4, -0.2) is 37.3 Å². The maximum Gasteiger partial charge on any atom is 0.446 e. The quantitative estimate of drug-likeness (QED) is 0.135. The predicted molar refractivity (Wildman–Crippen MR) is 123 cm³/mol. The van der Waals surface area contributed by atoms with Gasteiger partial charge >= 0.3 is 10.4 Å². The van der Waals surface area contributed by atoms with E-state index in [0.29, 0.717) is 11.4 Å². The van der Waals surface area contributed by atoms with Gasteiger partial charge in [-0.15, -0.1) is 0 Å². The Bertz CT molecular complexity index is 1020. The third-order valence-electron chi connectivity index (χ3n) is 3.62. The Morgan fingerprint density at radius 2 is 1.29 bits per heavy atom. The number of phenols is 2. The number of aromatic hydroxyl groups is 2. The number of nitrogens with one attached hydrogen (secondary N) is 2. The van der Waals surface area contributed by atoms with Gasteiger partial charge in [0.1, 0.15) is 17.2 Å². The number of hydrogen-bond donors (Lipinski definition) is 7. The van der Waals surface area contributed by atoms with E-state index >= 15 is 0 Å². The first-order chi connectivity index (χ1) is 14.6. The highest BCUT2D eigenvalue weighted by atomic mass is 32.3. The van der Waals surface area contributed by atoms with Gasteiger partial charge in [-0.05, 0) is 60.7 Å². The van der Waals surface area contributed by atoms with Crippen LogP contribution in [-0.2, 0) is 10.4 Å². The molecule has 11 heteroatoms. The number of rotatable bonds is 4. The third kappa shape index (κ3) is 9.96. The molecule has 3 aromatic rings.